The molecule has 2 aromatic rings. The Labute approximate surface area is 91.3 Å². The summed E-state index contributed by atoms with van der Waals surface area (Å²) in [6.07, 6.45) is 0.578. The Hall–Kier alpha value is -2.17. The number of nitrogens with zero attached hydrogens (tertiary/aromatic N) is 2. The lowest BCUT2D eigenvalue weighted by molar-refractivity contribution is 0.0698. The lowest BCUT2D eigenvalue weighted by atomic mass is 10.0. The van der Waals surface area contributed by atoms with Crippen LogP contribution in [0.15, 0.2) is 12.1 Å². The number of aldehydes is 1. The zero-order valence-corrected chi connectivity index (χ0v) is 8.89. The van der Waals surface area contributed by atoms with Crippen LogP contribution in [0.4, 0.5) is 0 Å². The monoisotopic (exact) mass is 218 g/mol. The van der Waals surface area contributed by atoms with Crippen molar-refractivity contribution >= 4 is 23.2 Å². The molecule has 0 saturated heterocycles. The predicted octanol–water partition coefficient (Wildman–Crippen LogP) is 1.39. The van der Waals surface area contributed by atoms with Gasteiger partial charge < -0.3 is 5.11 Å². The second-order valence-corrected chi connectivity index (χ2v) is 3.58. The molecule has 16 heavy (non-hydrogen) atoms. The predicted molar refractivity (Wildman–Crippen MR) is 57.8 cm³/mol. The molecule has 0 aliphatic rings. The number of carbonyl (C=O) groups excluding carboxylic acids is 1. The molecule has 0 unspecified atom stereocenters. The number of aryl methyl sites for hydroxylation is 2. The standard InChI is InChI=1S/C11H10N2O3/c1-6-3-4-8-10(9(6)11(15)16)7(5-14)12-13(8)2/h3-5H,1-2H3,(H,15,16). The van der Waals surface area contributed by atoms with Gasteiger partial charge in [-0.2, -0.15) is 5.10 Å². The third-order valence-corrected chi connectivity index (χ3v) is 2.58. The van der Waals surface area contributed by atoms with Gasteiger partial charge in [0.05, 0.1) is 11.1 Å². The minimum atomic E-state index is -1.04. The SMILES string of the molecule is Cc1ccc2c(c(C=O)nn2C)c1C(=O)O. The lowest BCUT2D eigenvalue weighted by Gasteiger charge is -2.02. The quantitative estimate of drug-likeness (QED) is 0.773. The van der Waals surface area contributed by atoms with Crippen molar-refractivity contribution < 1.29 is 14.7 Å². The van der Waals surface area contributed by atoms with Gasteiger partial charge in [-0.25, -0.2) is 4.79 Å². The van der Waals surface area contributed by atoms with E-state index in [9.17, 15) is 9.59 Å². The number of carboxylic acid groups (broad SMARTS) is 1. The lowest BCUT2D eigenvalue weighted by Crippen LogP contribution is -2.01. The Balaban J connectivity index is 3.00. The number of carbonyl (C=O) groups is 2. The summed E-state index contributed by atoms with van der Waals surface area (Å²) in [5.74, 6) is -1.04. The van der Waals surface area contributed by atoms with Crippen LogP contribution in [-0.4, -0.2) is 27.1 Å². The second-order valence-electron chi connectivity index (χ2n) is 3.58. The molecule has 0 atom stereocenters. The minimum absolute atomic E-state index is 0.146. The van der Waals surface area contributed by atoms with E-state index in [1.807, 2.05) is 0 Å². The fraction of sp³-hybridized carbons (Fsp3) is 0.182. The van der Waals surface area contributed by atoms with Crippen molar-refractivity contribution in [3.05, 3.63) is 29.0 Å². The molecule has 0 saturated carbocycles. The topological polar surface area (TPSA) is 72.2 Å². The van der Waals surface area contributed by atoms with E-state index in [2.05, 4.69) is 5.10 Å². The summed E-state index contributed by atoms with van der Waals surface area (Å²) in [4.78, 5) is 22.0. The van der Waals surface area contributed by atoms with Crippen LogP contribution in [0.1, 0.15) is 26.4 Å². The van der Waals surface area contributed by atoms with E-state index in [1.165, 1.54) is 4.68 Å². The Morgan fingerprint density at radius 1 is 1.50 bits per heavy atom. The van der Waals surface area contributed by atoms with Crippen LogP contribution in [0.3, 0.4) is 0 Å². The summed E-state index contributed by atoms with van der Waals surface area (Å²) >= 11 is 0. The third kappa shape index (κ3) is 1.29. The largest absolute Gasteiger partial charge is 0.478 e. The Morgan fingerprint density at radius 2 is 2.19 bits per heavy atom. The molecule has 0 fully saturated rings. The van der Waals surface area contributed by atoms with Crippen molar-refractivity contribution in [3.8, 4) is 0 Å². The molecule has 0 radical (unpaired) electrons. The number of aromatic carboxylic acids is 1. The minimum Gasteiger partial charge on any atom is -0.478 e. The van der Waals surface area contributed by atoms with Crippen molar-refractivity contribution in [1.29, 1.82) is 0 Å². The molecule has 1 aromatic heterocycles. The van der Waals surface area contributed by atoms with E-state index in [4.69, 9.17) is 5.11 Å². The first-order valence-electron chi connectivity index (χ1n) is 4.71. The molecule has 5 heteroatoms. The molecular weight excluding hydrogens is 208 g/mol. The maximum atomic E-state index is 11.2. The van der Waals surface area contributed by atoms with Crippen LogP contribution >= 0.6 is 0 Å². The summed E-state index contributed by atoms with van der Waals surface area (Å²) in [6.45, 7) is 1.70. The molecule has 0 aliphatic carbocycles. The fourth-order valence-corrected chi connectivity index (χ4v) is 1.85. The average Bonchev–Trinajstić information content (AvgIpc) is 2.54. The van der Waals surface area contributed by atoms with Gasteiger partial charge in [0.25, 0.3) is 0 Å². The summed E-state index contributed by atoms with van der Waals surface area (Å²) in [5, 5.41) is 13.5. The maximum absolute atomic E-state index is 11.2. The number of carboxylic acids is 1. The molecule has 0 aliphatic heterocycles. The molecular formula is C11H10N2O3. The average molecular weight is 218 g/mol. The van der Waals surface area contributed by atoms with Gasteiger partial charge in [-0.05, 0) is 18.6 Å². The molecule has 1 N–H and O–H groups in total. The van der Waals surface area contributed by atoms with E-state index in [0.29, 0.717) is 22.8 Å². The van der Waals surface area contributed by atoms with Crippen molar-refractivity contribution in [1.82, 2.24) is 9.78 Å². The third-order valence-electron chi connectivity index (χ3n) is 2.58. The van der Waals surface area contributed by atoms with Crippen LogP contribution in [-0.2, 0) is 7.05 Å². The van der Waals surface area contributed by atoms with Crippen LogP contribution in [0, 0.1) is 6.92 Å². The number of hydrogen-bond acceptors (Lipinski definition) is 3. The number of rotatable bonds is 2. The van der Waals surface area contributed by atoms with E-state index in [1.54, 1.807) is 26.1 Å². The molecule has 0 spiro atoms. The first-order chi connectivity index (χ1) is 7.56. The first-order valence-corrected chi connectivity index (χ1v) is 4.71. The molecule has 1 aromatic carbocycles. The van der Waals surface area contributed by atoms with Gasteiger partial charge in [-0.15, -0.1) is 0 Å². The summed E-state index contributed by atoms with van der Waals surface area (Å²) < 4.78 is 1.50. The van der Waals surface area contributed by atoms with Crippen molar-refractivity contribution in [3.63, 3.8) is 0 Å². The first kappa shape index (κ1) is 10.4. The number of fused-ring (bicyclic) bond motifs is 1. The Bertz CT molecular complexity index is 599. The van der Waals surface area contributed by atoms with E-state index < -0.39 is 5.97 Å². The van der Waals surface area contributed by atoms with Gasteiger partial charge in [0, 0.05) is 12.4 Å². The zero-order chi connectivity index (χ0) is 11.9. The van der Waals surface area contributed by atoms with Crippen LogP contribution in [0.25, 0.3) is 10.9 Å². The zero-order valence-electron chi connectivity index (χ0n) is 8.89. The maximum Gasteiger partial charge on any atom is 0.336 e. The smallest absolute Gasteiger partial charge is 0.336 e. The molecule has 0 amide bonds. The number of aromatic nitrogens is 2. The summed E-state index contributed by atoms with van der Waals surface area (Å²) in [5.41, 5.74) is 1.58. The molecule has 5 nitrogen and oxygen atoms in total. The van der Waals surface area contributed by atoms with Crippen LogP contribution in [0.2, 0.25) is 0 Å². The highest BCUT2D eigenvalue weighted by Gasteiger charge is 2.18. The summed E-state index contributed by atoms with van der Waals surface area (Å²) in [6, 6.07) is 3.47. The fourth-order valence-electron chi connectivity index (χ4n) is 1.85. The highest BCUT2D eigenvalue weighted by atomic mass is 16.4. The van der Waals surface area contributed by atoms with Gasteiger partial charge in [-0.1, -0.05) is 6.07 Å². The normalized spacial score (nSPS) is 10.6. The Kier molecular flexibility index (Phi) is 2.23. The van der Waals surface area contributed by atoms with E-state index >= 15 is 0 Å². The highest BCUT2D eigenvalue weighted by molar-refractivity contribution is 6.09. The van der Waals surface area contributed by atoms with Gasteiger partial charge in [0.1, 0.15) is 5.69 Å². The van der Waals surface area contributed by atoms with Gasteiger partial charge >= 0.3 is 5.97 Å². The molecule has 1 heterocycles. The van der Waals surface area contributed by atoms with Crippen LogP contribution in [0.5, 0.6) is 0 Å². The molecule has 82 valence electrons. The van der Waals surface area contributed by atoms with Crippen molar-refractivity contribution in [2.75, 3.05) is 0 Å². The van der Waals surface area contributed by atoms with E-state index in [-0.39, 0.29) is 11.3 Å². The Morgan fingerprint density at radius 3 is 2.75 bits per heavy atom. The molecule has 0 bridgehead atoms. The highest BCUT2D eigenvalue weighted by Crippen LogP contribution is 2.24. The summed E-state index contributed by atoms with van der Waals surface area (Å²) in [7, 11) is 1.68. The van der Waals surface area contributed by atoms with E-state index in [0.717, 1.165) is 0 Å². The van der Waals surface area contributed by atoms with Crippen molar-refractivity contribution in [2.24, 2.45) is 7.05 Å². The molecule has 2 rings (SSSR count). The van der Waals surface area contributed by atoms with Gasteiger partial charge in [-0.3, -0.25) is 9.48 Å². The number of hydrogen-bond donors (Lipinski definition) is 1. The second kappa shape index (κ2) is 3.44. The van der Waals surface area contributed by atoms with Crippen LogP contribution < -0.4 is 0 Å². The number of benzene rings is 1. The van der Waals surface area contributed by atoms with Gasteiger partial charge in [0.15, 0.2) is 6.29 Å². The van der Waals surface area contributed by atoms with Gasteiger partial charge in [0.2, 0.25) is 0 Å². The van der Waals surface area contributed by atoms with Crippen molar-refractivity contribution in [2.45, 2.75) is 6.92 Å².